The van der Waals surface area contributed by atoms with E-state index < -0.39 is 34.4 Å². The number of nitrogens with zero attached hydrogens (tertiary/aromatic N) is 1. The van der Waals surface area contributed by atoms with Crippen LogP contribution in [0.2, 0.25) is 0 Å². The van der Waals surface area contributed by atoms with E-state index >= 15 is 0 Å². The van der Waals surface area contributed by atoms with Crippen LogP contribution in [0.5, 0.6) is 5.75 Å². The summed E-state index contributed by atoms with van der Waals surface area (Å²) in [6, 6.07) is 3.56. The minimum Gasteiger partial charge on any atom is -0.507 e. The van der Waals surface area contributed by atoms with Gasteiger partial charge in [0.05, 0.1) is 17.1 Å². The van der Waals surface area contributed by atoms with E-state index in [1.165, 1.54) is 12.1 Å². The second-order valence-electron chi connectivity index (χ2n) is 5.91. The van der Waals surface area contributed by atoms with Crippen LogP contribution in [0.1, 0.15) is 37.8 Å². The van der Waals surface area contributed by atoms with Gasteiger partial charge in [0.25, 0.3) is 17.1 Å². The van der Waals surface area contributed by atoms with Gasteiger partial charge in [-0.2, -0.15) is 0 Å². The number of aromatic hydroxyl groups is 1. The smallest absolute Gasteiger partial charge is 0.305 e. The average molecular weight is 399 g/mol. The number of carbonyl (C=O) groups excluding carboxylic acids is 3. The van der Waals surface area contributed by atoms with Gasteiger partial charge in [0, 0.05) is 19.9 Å². The Morgan fingerprint density at radius 2 is 2.07 bits per heavy atom. The molecule has 1 aromatic carbocycles. The Hall–Kier alpha value is -2.42. The second kappa shape index (κ2) is 8.51. The van der Waals surface area contributed by atoms with E-state index in [1.807, 2.05) is 0 Å². The number of phenols is 1. The summed E-state index contributed by atoms with van der Waals surface area (Å²) in [6.45, 7) is 2.66. The summed E-state index contributed by atoms with van der Waals surface area (Å²) in [5.74, 6) is -4.75. The molecule has 2 amide bonds. The third-order valence-corrected chi connectivity index (χ3v) is 4.64. The first kappa shape index (κ1) is 20.9. The summed E-state index contributed by atoms with van der Waals surface area (Å²) in [5.41, 5.74) is -0.300. The maximum absolute atomic E-state index is 13.5. The van der Waals surface area contributed by atoms with Crippen molar-refractivity contribution in [1.29, 1.82) is 0 Å². The van der Waals surface area contributed by atoms with E-state index in [0.717, 1.165) is 17.0 Å². The van der Waals surface area contributed by atoms with E-state index in [9.17, 15) is 28.3 Å². The number of ether oxygens (including phenoxy) is 1. The van der Waals surface area contributed by atoms with Crippen LogP contribution in [0.3, 0.4) is 0 Å². The average Bonchev–Trinajstić information content (AvgIpc) is 2.83. The van der Waals surface area contributed by atoms with Gasteiger partial charge >= 0.3 is 5.97 Å². The molecule has 6 nitrogen and oxygen atoms in total. The first-order valence-corrected chi connectivity index (χ1v) is 9.07. The molecular formula is C18H19F2NO5S. The Morgan fingerprint density at radius 3 is 2.70 bits per heavy atom. The summed E-state index contributed by atoms with van der Waals surface area (Å²) in [5, 5.41) is 9.08. The number of hydrogen-bond acceptors (Lipinski definition) is 6. The normalized spacial score (nSPS) is 16.3. The van der Waals surface area contributed by atoms with Crippen LogP contribution in [-0.4, -0.2) is 40.3 Å². The van der Waals surface area contributed by atoms with Crippen LogP contribution in [0, 0.1) is 0 Å². The molecule has 1 saturated heterocycles. The highest BCUT2D eigenvalue weighted by atomic mass is 32.2. The molecule has 1 aliphatic heterocycles. The van der Waals surface area contributed by atoms with E-state index in [-0.39, 0.29) is 36.5 Å². The van der Waals surface area contributed by atoms with Gasteiger partial charge in [-0.25, -0.2) is 8.78 Å². The Morgan fingerprint density at radius 1 is 1.37 bits per heavy atom. The van der Waals surface area contributed by atoms with Gasteiger partial charge in [0.15, 0.2) is 0 Å². The third kappa shape index (κ3) is 5.29. The van der Waals surface area contributed by atoms with Gasteiger partial charge in [-0.1, -0.05) is 6.07 Å². The lowest BCUT2D eigenvalue weighted by Crippen LogP contribution is -2.29. The Labute approximate surface area is 159 Å². The molecule has 27 heavy (non-hydrogen) atoms. The van der Waals surface area contributed by atoms with Crippen molar-refractivity contribution in [3.63, 3.8) is 0 Å². The number of benzene rings is 1. The fourth-order valence-corrected chi connectivity index (χ4v) is 3.32. The highest BCUT2D eigenvalue weighted by Crippen LogP contribution is 2.36. The molecule has 0 aliphatic carbocycles. The molecule has 0 saturated carbocycles. The minimum atomic E-state index is -3.25. The van der Waals surface area contributed by atoms with E-state index in [0.29, 0.717) is 18.7 Å². The molecule has 2 rings (SSSR count). The van der Waals surface area contributed by atoms with Crippen LogP contribution in [-0.2, 0) is 20.2 Å². The van der Waals surface area contributed by atoms with Gasteiger partial charge in [-0.3, -0.25) is 19.3 Å². The number of thioether (sulfide) groups is 1. The lowest BCUT2D eigenvalue weighted by Gasteiger charge is -2.13. The number of esters is 1. The highest BCUT2D eigenvalue weighted by molar-refractivity contribution is 8.18. The van der Waals surface area contributed by atoms with E-state index in [2.05, 4.69) is 0 Å². The molecule has 1 N–H and O–H groups in total. The Kier molecular flexibility index (Phi) is 6.59. The van der Waals surface area contributed by atoms with E-state index in [1.54, 1.807) is 6.92 Å². The van der Waals surface area contributed by atoms with Crippen molar-refractivity contribution < 1.29 is 33.0 Å². The van der Waals surface area contributed by atoms with Crippen molar-refractivity contribution in [3.8, 4) is 5.75 Å². The number of rotatable bonds is 7. The first-order chi connectivity index (χ1) is 12.6. The standard InChI is InChI=1S/C18H19F2NO5S/c1-3-26-15(23)5-4-8-21-16(24)14(27-17(21)25)10-11-6-7-13(22)12(9-11)18(2,19)20/h6-7,9-10,22H,3-5,8H2,1-2H3/b14-10-. The van der Waals surface area contributed by atoms with Crippen molar-refractivity contribution in [2.24, 2.45) is 0 Å². The molecule has 1 heterocycles. The van der Waals surface area contributed by atoms with Crippen molar-refractivity contribution in [2.45, 2.75) is 32.6 Å². The number of phenolic OH excluding ortho intramolecular Hbond substituents is 1. The fraction of sp³-hybridized carbons (Fsp3) is 0.389. The van der Waals surface area contributed by atoms with Crippen molar-refractivity contribution >= 4 is 35.0 Å². The van der Waals surface area contributed by atoms with E-state index in [4.69, 9.17) is 4.74 Å². The third-order valence-electron chi connectivity index (χ3n) is 3.73. The summed E-state index contributed by atoms with van der Waals surface area (Å²) in [7, 11) is 0. The Balaban J connectivity index is 2.11. The van der Waals surface area contributed by atoms with Crippen LogP contribution in [0.4, 0.5) is 13.6 Å². The second-order valence-corrected chi connectivity index (χ2v) is 6.90. The number of hydrogen-bond donors (Lipinski definition) is 1. The lowest BCUT2D eigenvalue weighted by atomic mass is 10.0. The zero-order chi connectivity index (χ0) is 20.2. The molecular weight excluding hydrogens is 380 g/mol. The largest absolute Gasteiger partial charge is 0.507 e. The maximum Gasteiger partial charge on any atom is 0.305 e. The van der Waals surface area contributed by atoms with Crippen LogP contribution in [0.15, 0.2) is 23.1 Å². The minimum absolute atomic E-state index is 0.0642. The Bertz CT molecular complexity index is 788. The first-order valence-electron chi connectivity index (χ1n) is 8.25. The monoisotopic (exact) mass is 399 g/mol. The highest BCUT2D eigenvalue weighted by Gasteiger charge is 2.35. The van der Waals surface area contributed by atoms with Gasteiger partial charge in [0.2, 0.25) is 0 Å². The summed E-state index contributed by atoms with van der Waals surface area (Å²) in [4.78, 5) is 36.8. The molecule has 9 heteroatoms. The number of imide groups is 1. The number of carbonyl (C=O) groups is 3. The predicted molar refractivity (Wildman–Crippen MR) is 96.2 cm³/mol. The van der Waals surface area contributed by atoms with Crippen molar-refractivity contribution in [3.05, 3.63) is 34.2 Å². The zero-order valence-electron chi connectivity index (χ0n) is 14.8. The van der Waals surface area contributed by atoms with Crippen molar-refractivity contribution in [1.82, 2.24) is 4.90 Å². The molecule has 1 aromatic rings. The molecule has 0 unspecified atom stereocenters. The van der Waals surface area contributed by atoms with Gasteiger partial charge in [-0.05, 0) is 48.9 Å². The van der Waals surface area contributed by atoms with Crippen LogP contribution in [0.25, 0.3) is 6.08 Å². The van der Waals surface area contributed by atoms with Crippen molar-refractivity contribution in [2.75, 3.05) is 13.2 Å². The quantitative estimate of drug-likeness (QED) is 0.553. The molecule has 1 aliphatic rings. The number of halogens is 2. The summed E-state index contributed by atoms with van der Waals surface area (Å²) in [6.07, 6.45) is 1.68. The maximum atomic E-state index is 13.5. The molecule has 0 atom stereocenters. The molecule has 0 aromatic heterocycles. The molecule has 146 valence electrons. The molecule has 0 bridgehead atoms. The SMILES string of the molecule is CCOC(=O)CCCN1C(=O)S/C(=C\c2ccc(O)c(C(C)(F)F)c2)C1=O. The molecule has 1 fully saturated rings. The summed E-state index contributed by atoms with van der Waals surface area (Å²) >= 11 is 0.696. The molecule has 0 spiro atoms. The zero-order valence-corrected chi connectivity index (χ0v) is 15.6. The summed E-state index contributed by atoms with van der Waals surface area (Å²) < 4.78 is 31.8. The fourth-order valence-electron chi connectivity index (χ4n) is 2.45. The van der Waals surface area contributed by atoms with Crippen LogP contribution >= 0.6 is 11.8 Å². The predicted octanol–water partition coefficient (Wildman–Crippen LogP) is 3.88. The molecule has 0 radical (unpaired) electrons. The van der Waals surface area contributed by atoms with Gasteiger partial charge < -0.3 is 9.84 Å². The van der Waals surface area contributed by atoms with Gasteiger partial charge in [-0.15, -0.1) is 0 Å². The number of alkyl halides is 2. The topological polar surface area (TPSA) is 83.9 Å². The van der Waals surface area contributed by atoms with Crippen LogP contribution < -0.4 is 0 Å². The number of amides is 2. The lowest BCUT2D eigenvalue weighted by molar-refractivity contribution is -0.143. The van der Waals surface area contributed by atoms with Gasteiger partial charge in [0.1, 0.15) is 5.75 Å².